The molecule has 0 aromatic rings. The van der Waals surface area contributed by atoms with Crippen LogP contribution in [0.4, 0.5) is 0 Å². The molecule has 2 aliphatic rings. The summed E-state index contributed by atoms with van der Waals surface area (Å²) in [6.45, 7) is 1.29. The van der Waals surface area contributed by atoms with Gasteiger partial charge in [0.25, 0.3) is 0 Å². The van der Waals surface area contributed by atoms with E-state index in [1.807, 2.05) is 0 Å². The van der Waals surface area contributed by atoms with Crippen LogP contribution in [0.5, 0.6) is 0 Å². The van der Waals surface area contributed by atoms with Crippen molar-refractivity contribution in [2.24, 2.45) is 5.92 Å². The van der Waals surface area contributed by atoms with Crippen LogP contribution in [0.1, 0.15) is 44.9 Å². The maximum atomic E-state index is 12.2. The monoisotopic (exact) mass is 288 g/mol. The first-order chi connectivity index (χ1) is 9.00. The van der Waals surface area contributed by atoms with Crippen LogP contribution in [0.2, 0.25) is 0 Å². The number of hydrogen-bond donors (Lipinski definition) is 1. The smallest absolute Gasteiger partial charge is 0.224 e. The Morgan fingerprint density at radius 1 is 1.11 bits per heavy atom. The van der Waals surface area contributed by atoms with E-state index in [0.717, 1.165) is 51.5 Å². The zero-order valence-corrected chi connectivity index (χ0v) is 12.4. The van der Waals surface area contributed by atoms with Gasteiger partial charge in [-0.2, -0.15) is 4.31 Å². The predicted octanol–water partition coefficient (Wildman–Crippen LogP) is 1.11. The molecule has 0 spiro atoms. The van der Waals surface area contributed by atoms with Crippen LogP contribution < -0.4 is 5.32 Å². The van der Waals surface area contributed by atoms with E-state index in [9.17, 15) is 13.2 Å². The van der Waals surface area contributed by atoms with Crippen molar-refractivity contribution in [2.75, 3.05) is 19.3 Å². The van der Waals surface area contributed by atoms with Crippen LogP contribution in [0.3, 0.4) is 0 Å². The summed E-state index contributed by atoms with van der Waals surface area (Å²) in [6, 6.07) is -0.131. The predicted molar refractivity (Wildman–Crippen MR) is 74.2 cm³/mol. The van der Waals surface area contributed by atoms with Gasteiger partial charge in [-0.3, -0.25) is 4.79 Å². The molecule has 1 aliphatic heterocycles. The number of carbonyl (C=O) groups is 1. The van der Waals surface area contributed by atoms with Crippen LogP contribution >= 0.6 is 0 Å². The summed E-state index contributed by atoms with van der Waals surface area (Å²) in [5.41, 5.74) is 0. The Labute approximate surface area is 115 Å². The van der Waals surface area contributed by atoms with Crippen molar-refractivity contribution in [1.29, 1.82) is 0 Å². The third kappa shape index (κ3) is 3.69. The van der Waals surface area contributed by atoms with Crippen LogP contribution in [0.25, 0.3) is 0 Å². The Kier molecular flexibility index (Phi) is 4.84. The Hall–Kier alpha value is -0.620. The summed E-state index contributed by atoms with van der Waals surface area (Å²) in [5, 5.41) is 2.96. The van der Waals surface area contributed by atoms with E-state index in [1.165, 1.54) is 6.26 Å². The highest BCUT2D eigenvalue weighted by Gasteiger charge is 2.40. The van der Waals surface area contributed by atoms with Crippen molar-refractivity contribution < 1.29 is 13.2 Å². The molecule has 2 atom stereocenters. The largest absolute Gasteiger partial charge is 0.356 e. The number of rotatable bonds is 1. The van der Waals surface area contributed by atoms with Gasteiger partial charge in [0.2, 0.25) is 15.9 Å². The Balaban J connectivity index is 2.21. The molecule has 1 aliphatic carbocycles. The van der Waals surface area contributed by atoms with Crippen molar-refractivity contribution in [3.63, 3.8) is 0 Å². The fourth-order valence-electron chi connectivity index (χ4n) is 3.26. The summed E-state index contributed by atoms with van der Waals surface area (Å²) in [4.78, 5) is 12.2. The maximum absolute atomic E-state index is 12.2. The van der Waals surface area contributed by atoms with Gasteiger partial charge in [-0.15, -0.1) is 0 Å². The van der Waals surface area contributed by atoms with Gasteiger partial charge in [0.15, 0.2) is 0 Å². The molecule has 1 amide bonds. The second-order valence-electron chi connectivity index (χ2n) is 5.68. The molecule has 6 heteroatoms. The van der Waals surface area contributed by atoms with Crippen molar-refractivity contribution in [1.82, 2.24) is 9.62 Å². The highest BCUT2D eigenvalue weighted by Crippen LogP contribution is 2.32. The molecule has 2 rings (SSSR count). The fraction of sp³-hybridized carbons (Fsp3) is 0.923. The lowest BCUT2D eigenvalue weighted by molar-refractivity contribution is -0.125. The summed E-state index contributed by atoms with van der Waals surface area (Å²) in [6.07, 6.45) is 7.78. The highest BCUT2D eigenvalue weighted by atomic mass is 32.2. The van der Waals surface area contributed by atoms with E-state index in [1.54, 1.807) is 4.31 Å². The number of sulfonamides is 1. The standard InChI is InChI=1S/C13H24N2O3S/c1-19(17,18)15-10-5-3-2-4-9-14-13(16)11-7-6-8-12(11)15/h11-12H,2-10H2,1H3,(H,14,16)/t11-,12+/m1/s1. The summed E-state index contributed by atoms with van der Waals surface area (Å²) in [5.74, 6) is -0.120. The van der Waals surface area contributed by atoms with E-state index in [-0.39, 0.29) is 17.9 Å². The van der Waals surface area contributed by atoms with E-state index in [2.05, 4.69) is 5.32 Å². The van der Waals surface area contributed by atoms with Gasteiger partial charge in [0, 0.05) is 19.1 Å². The zero-order valence-electron chi connectivity index (χ0n) is 11.6. The average Bonchev–Trinajstić information content (AvgIpc) is 2.77. The summed E-state index contributed by atoms with van der Waals surface area (Å²) < 4.78 is 25.5. The molecular formula is C13H24N2O3S. The molecule has 5 nitrogen and oxygen atoms in total. The Morgan fingerprint density at radius 2 is 1.84 bits per heavy atom. The Bertz CT molecular complexity index is 422. The zero-order chi connectivity index (χ0) is 13.9. The van der Waals surface area contributed by atoms with Crippen molar-refractivity contribution in [3.8, 4) is 0 Å². The first-order valence-corrected chi connectivity index (χ1v) is 9.09. The van der Waals surface area contributed by atoms with E-state index >= 15 is 0 Å². The molecule has 1 N–H and O–H groups in total. The quantitative estimate of drug-likeness (QED) is 0.786. The Morgan fingerprint density at radius 3 is 2.58 bits per heavy atom. The van der Waals surface area contributed by atoms with Crippen LogP contribution in [0.15, 0.2) is 0 Å². The molecule has 1 heterocycles. The topological polar surface area (TPSA) is 66.5 Å². The molecule has 2 fully saturated rings. The van der Waals surface area contributed by atoms with Crippen LogP contribution in [-0.4, -0.2) is 44.0 Å². The minimum Gasteiger partial charge on any atom is -0.356 e. The van der Waals surface area contributed by atoms with Crippen LogP contribution in [-0.2, 0) is 14.8 Å². The van der Waals surface area contributed by atoms with Gasteiger partial charge in [-0.1, -0.05) is 19.3 Å². The second-order valence-corrected chi connectivity index (χ2v) is 7.62. The first kappa shape index (κ1) is 14.8. The van der Waals surface area contributed by atoms with Gasteiger partial charge >= 0.3 is 0 Å². The van der Waals surface area contributed by atoms with Gasteiger partial charge in [-0.05, 0) is 25.7 Å². The number of nitrogens with zero attached hydrogens (tertiary/aromatic N) is 1. The summed E-state index contributed by atoms with van der Waals surface area (Å²) >= 11 is 0. The molecule has 1 saturated carbocycles. The third-order valence-corrected chi connectivity index (χ3v) is 5.52. The molecule has 0 unspecified atom stereocenters. The number of carbonyl (C=O) groups excluding carboxylic acids is 1. The average molecular weight is 288 g/mol. The van der Waals surface area contributed by atoms with Crippen LogP contribution in [0, 0.1) is 5.92 Å². The van der Waals surface area contributed by atoms with Gasteiger partial charge in [0.1, 0.15) is 0 Å². The molecule has 1 saturated heterocycles. The van der Waals surface area contributed by atoms with E-state index < -0.39 is 10.0 Å². The lowest BCUT2D eigenvalue weighted by Crippen LogP contribution is -2.46. The summed E-state index contributed by atoms with van der Waals surface area (Å²) in [7, 11) is -3.23. The molecule has 19 heavy (non-hydrogen) atoms. The molecule has 110 valence electrons. The number of hydrogen-bond acceptors (Lipinski definition) is 3. The van der Waals surface area contributed by atoms with Crippen molar-refractivity contribution in [2.45, 2.75) is 51.0 Å². The van der Waals surface area contributed by atoms with Crippen molar-refractivity contribution >= 4 is 15.9 Å². The van der Waals surface area contributed by atoms with Crippen molar-refractivity contribution in [3.05, 3.63) is 0 Å². The van der Waals surface area contributed by atoms with Gasteiger partial charge in [0.05, 0.1) is 12.2 Å². The lowest BCUT2D eigenvalue weighted by Gasteiger charge is -2.30. The molecule has 0 aromatic carbocycles. The minimum atomic E-state index is -3.23. The van der Waals surface area contributed by atoms with E-state index in [0.29, 0.717) is 6.54 Å². The SMILES string of the molecule is CS(=O)(=O)N1CCCCCCNC(=O)[C@@H]2CCC[C@@H]21. The highest BCUT2D eigenvalue weighted by molar-refractivity contribution is 7.88. The maximum Gasteiger partial charge on any atom is 0.224 e. The number of amides is 1. The number of fused-ring (bicyclic) bond motifs is 1. The molecule has 0 aromatic heterocycles. The fourth-order valence-corrected chi connectivity index (χ4v) is 4.46. The molecule has 0 radical (unpaired) electrons. The van der Waals surface area contributed by atoms with Gasteiger partial charge in [-0.25, -0.2) is 8.42 Å². The second kappa shape index (κ2) is 6.22. The molecular weight excluding hydrogens is 264 g/mol. The minimum absolute atomic E-state index is 0.0399. The lowest BCUT2D eigenvalue weighted by atomic mass is 10.0. The van der Waals surface area contributed by atoms with Gasteiger partial charge < -0.3 is 5.32 Å². The molecule has 0 bridgehead atoms. The normalized spacial score (nSPS) is 31.3. The van der Waals surface area contributed by atoms with E-state index in [4.69, 9.17) is 0 Å². The third-order valence-electron chi connectivity index (χ3n) is 4.22. The first-order valence-electron chi connectivity index (χ1n) is 7.24. The number of nitrogens with one attached hydrogen (secondary N) is 1.